The number of hydrogen-bond acceptors (Lipinski definition) is 7. The number of nitrogens with zero attached hydrogens (tertiary/aromatic N) is 1. The molecule has 0 bridgehead atoms. The van der Waals surface area contributed by atoms with Gasteiger partial charge in [0.2, 0.25) is 0 Å². The summed E-state index contributed by atoms with van der Waals surface area (Å²) in [6.07, 6.45) is 0.528. The molecule has 1 aromatic heterocycles. The Labute approximate surface area is 247 Å². The van der Waals surface area contributed by atoms with E-state index in [2.05, 4.69) is 9.97 Å². The molecule has 0 saturated carbocycles. The second kappa shape index (κ2) is 12.4. The number of aromatic amines is 1. The minimum absolute atomic E-state index is 0. The van der Waals surface area contributed by atoms with Crippen molar-refractivity contribution in [3.63, 3.8) is 0 Å². The first kappa shape index (κ1) is 27.7. The minimum atomic E-state index is -1.32. The summed E-state index contributed by atoms with van der Waals surface area (Å²) < 4.78 is 25.3. The third-order valence-electron chi connectivity index (χ3n) is 5.39. The van der Waals surface area contributed by atoms with Crippen LogP contribution in [0.1, 0.15) is 38.5 Å². The van der Waals surface area contributed by atoms with E-state index < -0.39 is 17.3 Å². The van der Waals surface area contributed by atoms with Crippen molar-refractivity contribution in [3.8, 4) is 11.5 Å². The van der Waals surface area contributed by atoms with Crippen LogP contribution in [-0.2, 0) is 13.0 Å². The molecule has 0 radical (unpaired) electrons. The quantitative estimate of drug-likeness (QED) is 0.243. The number of carboxylic acid groups (broad SMARTS) is 1. The molecular weight excluding hydrogens is 494 g/mol. The number of nitrogens with one attached hydrogen (secondary N) is 1. The number of ketones is 1. The summed E-state index contributed by atoms with van der Waals surface area (Å²) in [4.78, 5) is 43.0. The molecule has 178 valence electrons. The number of fused-ring (bicyclic) bond motifs is 1. The van der Waals surface area contributed by atoms with Gasteiger partial charge in [0.15, 0.2) is 23.2 Å². The Morgan fingerprint density at radius 1 is 1.06 bits per heavy atom. The minimum Gasteiger partial charge on any atom is -0.545 e. The fourth-order valence-electron chi connectivity index (χ4n) is 3.55. The molecule has 0 fully saturated rings. The summed E-state index contributed by atoms with van der Waals surface area (Å²) in [5.41, 5.74) is 0.851. The number of aromatic nitrogens is 2. The van der Waals surface area contributed by atoms with Gasteiger partial charge in [0, 0.05) is 6.42 Å². The molecule has 0 aliphatic carbocycles. The van der Waals surface area contributed by atoms with E-state index in [1.54, 1.807) is 13.2 Å². The maximum absolute atomic E-state index is 14.5. The molecule has 0 saturated heterocycles. The zero-order valence-corrected chi connectivity index (χ0v) is 22.8. The molecule has 4 rings (SSSR count). The summed E-state index contributed by atoms with van der Waals surface area (Å²) in [7, 11) is 1.56. The third-order valence-corrected chi connectivity index (χ3v) is 5.39. The Morgan fingerprint density at radius 2 is 1.81 bits per heavy atom. The van der Waals surface area contributed by atoms with Gasteiger partial charge < -0.3 is 24.4 Å². The van der Waals surface area contributed by atoms with Gasteiger partial charge in [-0.1, -0.05) is 36.4 Å². The van der Waals surface area contributed by atoms with Crippen molar-refractivity contribution in [2.24, 2.45) is 0 Å². The fraction of sp³-hybridized carbons (Fsp3) is 0.154. The molecule has 0 aliphatic heterocycles. The molecule has 36 heavy (non-hydrogen) atoms. The van der Waals surface area contributed by atoms with Crippen molar-refractivity contribution in [2.75, 3.05) is 7.11 Å². The summed E-state index contributed by atoms with van der Waals surface area (Å²) in [5, 5.41) is 10.7. The summed E-state index contributed by atoms with van der Waals surface area (Å²) >= 11 is 0. The zero-order chi connectivity index (χ0) is 24.9. The Balaban J connectivity index is 0.00000361. The zero-order valence-electron chi connectivity index (χ0n) is 19.7. The van der Waals surface area contributed by atoms with E-state index in [9.17, 15) is 23.9 Å². The fourth-order valence-corrected chi connectivity index (χ4v) is 3.55. The number of halogens is 1. The van der Waals surface area contributed by atoms with Crippen LogP contribution in [0.25, 0.3) is 10.9 Å². The van der Waals surface area contributed by atoms with Crippen LogP contribution >= 0.6 is 0 Å². The Kier molecular flexibility index (Phi) is 9.52. The van der Waals surface area contributed by atoms with Gasteiger partial charge >= 0.3 is 51.4 Å². The average molecular weight is 515 g/mol. The number of H-pyrrole nitrogens is 1. The molecule has 0 atom stereocenters. The largest absolute Gasteiger partial charge is 1.00 e. The van der Waals surface area contributed by atoms with Crippen molar-refractivity contribution in [1.82, 2.24) is 9.97 Å². The number of benzene rings is 3. The van der Waals surface area contributed by atoms with Crippen LogP contribution in [0.2, 0.25) is 0 Å². The van der Waals surface area contributed by atoms with Crippen LogP contribution < -0.4 is 71.5 Å². The van der Waals surface area contributed by atoms with E-state index in [0.29, 0.717) is 17.7 Å². The van der Waals surface area contributed by atoms with Crippen LogP contribution in [-0.4, -0.2) is 28.8 Å². The van der Waals surface area contributed by atoms with Crippen molar-refractivity contribution in [3.05, 3.63) is 99.3 Å². The molecule has 1 heterocycles. The number of ether oxygens (including phenoxy) is 2. The number of carbonyl (C=O) groups excluding carboxylic acids is 2. The number of aryl methyl sites for hydroxylation is 1. The molecular formula is C26H20FKN2O6. The standard InChI is InChI=1S/C26H21FN2O6.K/c1-34-18-4-2-3-15(13-18)7-12-21(30)24-28-20-11-10-19(27)23(22(20)25(31)29-24)35-14-16-5-8-17(9-6-16)26(32)33;/h2-6,8-11,13H,7,12,14H2,1H3,(H,32,33)(H,28,29,31);/q;+1/p-1. The number of methoxy groups -OCH3 is 1. The average Bonchev–Trinajstić information content (AvgIpc) is 2.87. The van der Waals surface area contributed by atoms with Crippen molar-refractivity contribution in [2.45, 2.75) is 19.4 Å². The van der Waals surface area contributed by atoms with Gasteiger partial charge in [-0.2, -0.15) is 0 Å². The Hall–Kier alpha value is -2.89. The molecule has 1 N–H and O–H groups in total. The second-order valence-electron chi connectivity index (χ2n) is 7.73. The van der Waals surface area contributed by atoms with Crippen LogP contribution in [0, 0.1) is 5.82 Å². The first-order valence-corrected chi connectivity index (χ1v) is 10.7. The van der Waals surface area contributed by atoms with E-state index in [0.717, 1.165) is 11.6 Å². The number of aromatic carboxylic acids is 1. The normalized spacial score (nSPS) is 10.5. The van der Waals surface area contributed by atoms with Gasteiger partial charge in [-0.15, -0.1) is 0 Å². The van der Waals surface area contributed by atoms with E-state index in [1.807, 2.05) is 18.2 Å². The molecule has 0 unspecified atom stereocenters. The first-order valence-electron chi connectivity index (χ1n) is 10.7. The molecule has 0 aliphatic rings. The Morgan fingerprint density at radius 3 is 2.50 bits per heavy atom. The summed E-state index contributed by atoms with van der Waals surface area (Å²) in [5.74, 6) is -2.21. The molecule has 10 heteroatoms. The maximum atomic E-state index is 14.5. The van der Waals surface area contributed by atoms with Gasteiger partial charge in [0.25, 0.3) is 5.56 Å². The van der Waals surface area contributed by atoms with Crippen LogP contribution in [0.4, 0.5) is 4.39 Å². The number of Topliss-reactive ketones (excluding diaryl/α,β-unsaturated/α-hetero) is 1. The third kappa shape index (κ3) is 6.45. The SMILES string of the molecule is COc1cccc(CCC(=O)c2nc3ccc(F)c(OCc4ccc(C(=O)[O-])cc4)c3c(=O)[nH]2)c1.[K+]. The first-order chi connectivity index (χ1) is 16.9. The molecule has 0 spiro atoms. The van der Waals surface area contributed by atoms with Crippen LogP contribution in [0.15, 0.2) is 65.5 Å². The molecule has 0 amide bonds. The smallest absolute Gasteiger partial charge is 0.545 e. The van der Waals surface area contributed by atoms with E-state index >= 15 is 0 Å². The van der Waals surface area contributed by atoms with E-state index in [1.165, 1.54) is 30.3 Å². The van der Waals surface area contributed by atoms with E-state index in [4.69, 9.17) is 9.47 Å². The van der Waals surface area contributed by atoms with E-state index in [-0.39, 0.29) is 98.2 Å². The van der Waals surface area contributed by atoms with Gasteiger partial charge in [0.05, 0.1) is 18.6 Å². The van der Waals surface area contributed by atoms with Crippen molar-refractivity contribution >= 4 is 22.7 Å². The number of hydrogen-bond donors (Lipinski definition) is 1. The predicted octanol–water partition coefficient (Wildman–Crippen LogP) is -0.167. The monoisotopic (exact) mass is 514 g/mol. The predicted molar refractivity (Wildman–Crippen MR) is 123 cm³/mol. The van der Waals surface area contributed by atoms with Crippen LogP contribution in [0.3, 0.4) is 0 Å². The van der Waals surface area contributed by atoms with Gasteiger partial charge in [-0.3, -0.25) is 9.59 Å². The van der Waals surface area contributed by atoms with Gasteiger partial charge in [-0.25, -0.2) is 9.37 Å². The topological polar surface area (TPSA) is 121 Å². The maximum Gasteiger partial charge on any atom is 1.00 e. The number of carbonyl (C=O) groups is 2. The summed E-state index contributed by atoms with van der Waals surface area (Å²) in [6, 6.07) is 15.4. The van der Waals surface area contributed by atoms with Gasteiger partial charge in [-0.05, 0) is 47.4 Å². The second-order valence-corrected chi connectivity index (χ2v) is 7.73. The Bertz CT molecular complexity index is 1470. The summed E-state index contributed by atoms with van der Waals surface area (Å²) in [6.45, 7) is -0.121. The van der Waals surface area contributed by atoms with Crippen LogP contribution in [0.5, 0.6) is 11.5 Å². The van der Waals surface area contributed by atoms with Crippen molar-refractivity contribution < 1.29 is 79.9 Å². The molecule has 8 nitrogen and oxygen atoms in total. The van der Waals surface area contributed by atoms with Gasteiger partial charge in [0.1, 0.15) is 17.7 Å². The number of carboxylic acids is 1. The van der Waals surface area contributed by atoms with Crippen molar-refractivity contribution in [1.29, 1.82) is 0 Å². The molecule has 3 aromatic carbocycles. The molecule has 4 aromatic rings. The number of rotatable bonds is 9.